The number of rotatable bonds is 10. The normalized spacial score (nSPS) is 10.6. The van der Waals surface area contributed by atoms with Crippen molar-refractivity contribution in [2.24, 2.45) is 5.10 Å². The average molecular weight is 631 g/mol. The standard InChI is InChI=1S/C31H23ClN4O9/c1-18(37)44-26-15-10-21(16-27(26)43-2)31(40)45-28-22(4-3-5-25(28)36(41)42)17-33-35-30(39)20-8-13-24(14-9-20)34-29(38)19-6-11-23(32)12-7-19/h3-17H,1-2H3,(H,34,38)(H,35,39)/b33-17+. The Labute approximate surface area is 260 Å². The Hall–Kier alpha value is -6.08. The predicted molar refractivity (Wildman–Crippen MR) is 163 cm³/mol. The molecule has 0 aliphatic rings. The van der Waals surface area contributed by atoms with Crippen molar-refractivity contribution < 1.29 is 38.3 Å². The van der Waals surface area contributed by atoms with Gasteiger partial charge in [0.05, 0.1) is 23.8 Å². The van der Waals surface area contributed by atoms with E-state index in [-0.39, 0.29) is 34.1 Å². The quantitative estimate of drug-likeness (QED) is 0.0762. The number of nitrogens with zero attached hydrogens (tertiary/aromatic N) is 2. The lowest BCUT2D eigenvalue weighted by molar-refractivity contribution is -0.385. The van der Waals surface area contributed by atoms with Gasteiger partial charge in [-0.1, -0.05) is 17.7 Å². The highest BCUT2D eigenvalue weighted by Gasteiger charge is 2.23. The highest BCUT2D eigenvalue weighted by molar-refractivity contribution is 6.30. The van der Waals surface area contributed by atoms with E-state index in [2.05, 4.69) is 15.8 Å². The molecule has 4 rings (SSSR count). The molecule has 45 heavy (non-hydrogen) atoms. The van der Waals surface area contributed by atoms with Crippen molar-refractivity contribution in [2.45, 2.75) is 6.92 Å². The third-order valence-electron chi connectivity index (χ3n) is 5.95. The molecule has 13 nitrogen and oxygen atoms in total. The van der Waals surface area contributed by atoms with Crippen LogP contribution in [0.25, 0.3) is 0 Å². The van der Waals surface area contributed by atoms with Gasteiger partial charge in [-0.3, -0.25) is 24.5 Å². The summed E-state index contributed by atoms with van der Waals surface area (Å²) in [5.74, 6) is -2.86. The number of carbonyl (C=O) groups excluding carboxylic acids is 4. The van der Waals surface area contributed by atoms with Crippen LogP contribution in [0.15, 0.2) is 90.0 Å². The van der Waals surface area contributed by atoms with Crippen LogP contribution >= 0.6 is 11.6 Å². The van der Waals surface area contributed by atoms with Gasteiger partial charge >= 0.3 is 17.6 Å². The van der Waals surface area contributed by atoms with Crippen molar-refractivity contribution in [3.05, 3.63) is 122 Å². The van der Waals surface area contributed by atoms with E-state index in [9.17, 15) is 29.3 Å². The van der Waals surface area contributed by atoms with Crippen LogP contribution in [0.4, 0.5) is 11.4 Å². The molecule has 0 fully saturated rings. The lowest BCUT2D eigenvalue weighted by Gasteiger charge is -2.11. The van der Waals surface area contributed by atoms with Crippen molar-refractivity contribution in [1.29, 1.82) is 0 Å². The van der Waals surface area contributed by atoms with Gasteiger partial charge in [-0.25, -0.2) is 10.2 Å². The Morgan fingerprint density at radius 2 is 1.49 bits per heavy atom. The molecule has 2 N–H and O–H groups in total. The van der Waals surface area contributed by atoms with Gasteiger partial charge in [0, 0.05) is 40.4 Å². The first-order valence-electron chi connectivity index (χ1n) is 12.9. The van der Waals surface area contributed by atoms with Crippen molar-refractivity contribution >= 4 is 52.9 Å². The van der Waals surface area contributed by atoms with E-state index in [1.54, 1.807) is 24.3 Å². The zero-order valence-corrected chi connectivity index (χ0v) is 24.4. The molecule has 4 aromatic carbocycles. The number of para-hydroxylation sites is 1. The molecular formula is C31H23ClN4O9. The van der Waals surface area contributed by atoms with E-state index >= 15 is 0 Å². The van der Waals surface area contributed by atoms with E-state index in [0.29, 0.717) is 16.3 Å². The number of halogens is 1. The molecule has 0 heterocycles. The van der Waals surface area contributed by atoms with E-state index in [0.717, 1.165) is 12.3 Å². The van der Waals surface area contributed by atoms with Crippen molar-refractivity contribution in [3.8, 4) is 17.2 Å². The minimum absolute atomic E-state index is 0.0154. The van der Waals surface area contributed by atoms with E-state index < -0.39 is 34.2 Å². The Morgan fingerprint density at radius 1 is 0.844 bits per heavy atom. The third-order valence-corrected chi connectivity index (χ3v) is 6.20. The van der Waals surface area contributed by atoms with Crippen molar-refractivity contribution in [1.82, 2.24) is 5.43 Å². The Balaban J connectivity index is 1.46. The molecule has 0 saturated heterocycles. The van der Waals surface area contributed by atoms with Crippen LogP contribution in [0.3, 0.4) is 0 Å². The number of amides is 2. The number of anilines is 1. The van der Waals surface area contributed by atoms with Crippen molar-refractivity contribution in [2.75, 3.05) is 12.4 Å². The first-order chi connectivity index (χ1) is 21.5. The van der Waals surface area contributed by atoms with Crippen LogP contribution in [0.1, 0.15) is 43.6 Å². The summed E-state index contributed by atoms with van der Waals surface area (Å²) < 4.78 is 15.6. The molecule has 0 bridgehead atoms. The van der Waals surface area contributed by atoms with E-state index in [4.69, 9.17) is 25.8 Å². The number of esters is 2. The van der Waals surface area contributed by atoms with E-state index in [1.807, 2.05) is 0 Å². The molecule has 0 aliphatic carbocycles. The van der Waals surface area contributed by atoms with Gasteiger partial charge < -0.3 is 19.5 Å². The molecule has 4 aromatic rings. The molecule has 0 aliphatic heterocycles. The van der Waals surface area contributed by atoms with Crippen LogP contribution < -0.4 is 25.0 Å². The first kappa shape index (κ1) is 31.8. The molecule has 0 atom stereocenters. The van der Waals surface area contributed by atoms with Crippen LogP contribution in [0, 0.1) is 10.1 Å². The molecule has 0 spiro atoms. The Morgan fingerprint density at radius 3 is 2.13 bits per heavy atom. The fourth-order valence-corrected chi connectivity index (χ4v) is 3.94. The maximum Gasteiger partial charge on any atom is 0.343 e. The summed E-state index contributed by atoms with van der Waals surface area (Å²) in [7, 11) is 1.30. The molecule has 14 heteroatoms. The van der Waals surface area contributed by atoms with Crippen LogP contribution in [0.2, 0.25) is 5.02 Å². The average Bonchev–Trinajstić information content (AvgIpc) is 3.02. The van der Waals surface area contributed by atoms with Crippen LogP contribution in [0.5, 0.6) is 17.2 Å². The number of ether oxygens (including phenoxy) is 3. The molecular weight excluding hydrogens is 608 g/mol. The Bertz CT molecular complexity index is 1810. The highest BCUT2D eigenvalue weighted by Crippen LogP contribution is 2.32. The number of carbonyl (C=O) groups is 4. The number of hydrogen-bond donors (Lipinski definition) is 2. The zero-order valence-electron chi connectivity index (χ0n) is 23.6. The minimum Gasteiger partial charge on any atom is -0.493 e. The number of nitro benzene ring substituents is 1. The summed E-state index contributed by atoms with van der Waals surface area (Å²) in [4.78, 5) is 60.2. The highest BCUT2D eigenvalue weighted by atomic mass is 35.5. The van der Waals surface area contributed by atoms with Gasteiger partial charge in [-0.2, -0.15) is 5.10 Å². The van der Waals surface area contributed by atoms with E-state index in [1.165, 1.54) is 68.6 Å². The topological polar surface area (TPSA) is 176 Å². The summed E-state index contributed by atoms with van der Waals surface area (Å²) in [6, 6.07) is 20.1. The second-order valence-electron chi connectivity index (χ2n) is 9.04. The van der Waals surface area contributed by atoms with Gasteiger partial charge in [0.2, 0.25) is 5.75 Å². The van der Waals surface area contributed by atoms with Crippen molar-refractivity contribution in [3.63, 3.8) is 0 Å². The largest absolute Gasteiger partial charge is 0.493 e. The van der Waals surface area contributed by atoms with Gasteiger partial charge in [-0.15, -0.1) is 0 Å². The molecule has 0 radical (unpaired) electrons. The lowest BCUT2D eigenvalue weighted by Crippen LogP contribution is -2.18. The molecule has 228 valence electrons. The second-order valence-corrected chi connectivity index (χ2v) is 9.48. The molecule has 0 unspecified atom stereocenters. The SMILES string of the molecule is COc1cc(C(=O)Oc2c(/C=N/NC(=O)c3ccc(NC(=O)c4ccc(Cl)cc4)cc3)cccc2[N+](=O)[O-])ccc1OC(C)=O. The fourth-order valence-electron chi connectivity index (χ4n) is 3.82. The predicted octanol–water partition coefficient (Wildman–Crippen LogP) is 5.42. The minimum atomic E-state index is -0.973. The smallest absolute Gasteiger partial charge is 0.343 e. The van der Waals surface area contributed by atoms with Crippen LogP contribution in [-0.2, 0) is 4.79 Å². The number of nitro groups is 1. The number of hydrazone groups is 1. The maximum atomic E-state index is 12.9. The fraction of sp³-hybridized carbons (Fsp3) is 0.0645. The second kappa shape index (κ2) is 14.4. The summed E-state index contributed by atoms with van der Waals surface area (Å²) in [5, 5.41) is 18.8. The lowest BCUT2D eigenvalue weighted by atomic mass is 10.1. The summed E-state index contributed by atoms with van der Waals surface area (Å²) in [6.07, 6.45) is 1.08. The number of benzene rings is 4. The van der Waals surface area contributed by atoms with Crippen LogP contribution in [-0.4, -0.2) is 42.0 Å². The molecule has 0 aromatic heterocycles. The monoisotopic (exact) mass is 630 g/mol. The van der Waals surface area contributed by atoms with Gasteiger partial charge in [0.15, 0.2) is 11.5 Å². The molecule has 2 amide bonds. The summed E-state index contributed by atoms with van der Waals surface area (Å²) in [6.45, 7) is 1.20. The van der Waals surface area contributed by atoms with Gasteiger partial charge in [0.1, 0.15) is 0 Å². The van der Waals surface area contributed by atoms with Gasteiger partial charge in [0.25, 0.3) is 11.8 Å². The number of hydrogen-bond acceptors (Lipinski definition) is 10. The number of methoxy groups -OCH3 is 1. The number of nitrogens with one attached hydrogen (secondary N) is 2. The Kier molecular flexibility index (Phi) is 10.2. The maximum absolute atomic E-state index is 12.9. The first-order valence-corrected chi connectivity index (χ1v) is 13.3. The zero-order chi connectivity index (χ0) is 32.5. The van der Waals surface area contributed by atoms with Gasteiger partial charge in [-0.05, 0) is 72.8 Å². The third kappa shape index (κ3) is 8.27. The summed E-state index contributed by atoms with van der Waals surface area (Å²) >= 11 is 5.85. The molecule has 0 saturated carbocycles. The summed E-state index contributed by atoms with van der Waals surface area (Å²) in [5.41, 5.74) is 2.78.